The van der Waals surface area contributed by atoms with Gasteiger partial charge in [0.05, 0.1) is 4.90 Å². The highest BCUT2D eigenvalue weighted by atomic mass is 32.2. The van der Waals surface area contributed by atoms with Crippen LogP contribution in [0.2, 0.25) is 0 Å². The van der Waals surface area contributed by atoms with Crippen molar-refractivity contribution in [2.75, 3.05) is 0 Å². The van der Waals surface area contributed by atoms with Gasteiger partial charge in [0.25, 0.3) is 10.0 Å². The van der Waals surface area contributed by atoms with Gasteiger partial charge in [-0.3, -0.25) is 0 Å². The molecule has 0 aliphatic rings. The molecule has 0 saturated heterocycles. The minimum atomic E-state index is -3.62. The minimum absolute atomic E-state index is 0.210. The zero-order valence-corrected chi connectivity index (χ0v) is 11.7. The average molecular weight is 273 g/mol. The summed E-state index contributed by atoms with van der Waals surface area (Å²) in [5, 5.41) is 0. The standard InChI is InChI=1S/C15H15NO2S/c1-12-6-8-15(9-7-12)19(17,18)16-11-14-5-3-4-13(2)10-14/h3-11H,1-2H3/b16-11+. The smallest absolute Gasteiger partial charge is 0.199 e. The van der Waals surface area contributed by atoms with E-state index in [4.69, 9.17) is 0 Å². The van der Waals surface area contributed by atoms with Crippen molar-refractivity contribution in [3.05, 3.63) is 65.2 Å². The second-order valence-electron chi connectivity index (χ2n) is 4.44. The van der Waals surface area contributed by atoms with Gasteiger partial charge < -0.3 is 0 Å². The molecule has 0 fully saturated rings. The quantitative estimate of drug-likeness (QED) is 0.807. The Morgan fingerprint density at radius 3 is 2.26 bits per heavy atom. The van der Waals surface area contributed by atoms with E-state index in [2.05, 4.69) is 4.40 Å². The molecule has 2 aromatic carbocycles. The Hall–Kier alpha value is -1.94. The van der Waals surface area contributed by atoms with Crippen LogP contribution in [0.15, 0.2) is 57.8 Å². The summed E-state index contributed by atoms with van der Waals surface area (Å²) in [6, 6.07) is 14.2. The molecule has 0 amide bonds. The molecule has 2 aromatic rings. The molecule has 19 heavy (non-hydrogen) atoms. The van der Waals surface area contributed by atoms with Gasteiger partial charge in [0.15, 0.2) is 0 Å². The van der Waals surface area contributed by atoms with Crippen molar-refractivity contribution < 1.29 is 8.42 Å². The highest BCUT2D eigenvalue weighted by molar-refractivity contribution is 7.90. The van der Waals surface area contributed by atoms with E-state index >= 15 is 0 Å². The van der Waals surface area contributed by atoms with Crippen LogP contribution in [-0.2, 0) is 10.0 Å². The minimum Gasteiger partial charge on any atom is -0.199 e. The molecule has 4 heteroatoms. The van der Waals surface area contributed by atoms with E-state index in [0.717, 1.165) is 16.7 Å². The molecule has 3 nitrogen and oxygen atoms in total. The Bertz CT molecular complexity index is 701. The maximum atomic E-state index is 12.0. The summed E-state index contributed by atoms with van der Waals surface area (Å²) < 4.78 is 27.7. The molecule has 0 saturated carbocycles. The summed E-state index contributed by atoms with van der Waals surface area (Å²) in [5.74, 6) is 0. The predicted octanol–water partition coefficient (Wildman–Crippen LogP) is 3.11. The molecule has 0 radical (unpaired) electrons. The van der Waals surface area contributed by atoms with E-state index < -0.39 is 10.0 Å². The maximum absolute atomic E-state index is 12.0. The van der Waals surface area contributed by atoms with Crippen LogP contribution in [0.5, 0.6) is 0 Å². The number of hydrogen-bond acceptors (Lipinski definition) is 2. The number of benzene rings is 2. The molecule has 0 atom stereocenters. The van der Waals surface area contributed by atoms with Crippen molar-refractivity contribution in [3.63, 3.8) is 0 Å². The summed E-state index contributed by atoms with van der Waals surface area (Å²) in [5.41, 5.74) is 2.86. The first kappa shape index (κ1) is 13.5. The predicted molar refractivity (Wildman–Crippen MR) is 77.1 cm³/mol. The van der Waals surface area contributed by atoms with E-state index in [0.29, 0.717) is 0 Å². The first-order valence-electron chi connectivity index (χ1n) is 5.91. The van der Waals surface area contributed by atoms with E-state index in [1.807, 2.05) is 38.1 Å². The number of rotatable bonds is 3. The number of nitrogens with zero attached hydrogens (tertiary/aromatic N) is 1. The van der Waals surface area contributed by atoms with Gasteiger partial charge >= 0.3 is 0 Å². The van der Waals surface area contributed by atoms with Gasteiger partial charge in [-0.2, -0.15) is 12.8 Å². The van der Waals surface area contributed by atoms with Crippen LogP contribution in [0.25, 0.3) is 0 Å². The molecular formula is C15H15NO2S. The summed E-state index contributed by atoms with van der Waals surface area (Å²) in [6.07, 6.45) is 1.38. The summed E-state index contributed by atoms with van der Waals surface area (Å²) in [4.78, 5) is 0.210. The number of hydrogen-bond donors (Lipinski definition) is 0. The molecule has 0 aliphatic carbocycles. The lowest BCUT2D eigenvalue weighted by molar-refractivity contribution is 0.598. The zero-order valence-electron chi connectivity index (χ0n) is 10.9. The molecule has 0 aromatic heterocycles. The molecule has 0 bridgehead atoms. The second-order valence-corrected chi connectivity index (χ2v) is 6.07. The van der Waals surface area contributed by atoms with Crippen LogP contribution >= 0.6 is 0 Å². The van der Waals surface area contributed by atoms with Crippen LogP contribution in [0.3, 0.4) is 0 Å². The van der Waals surface area contributed by atoms with Crippen molar-refractivity contribution in [1.82, 2.24) is 0 Å². The van der Waals surface area contributed by atoms with E-state index in [-0.39, 0.29) is 4.90 Å². The van der Waals surface area contributed by atoms with Crippen molar-refractivity contribution in [1.29, 1.82) is 0 Å². The van der Waals surface area contributed by atoms with Crippen molar-refractivity contribution in [2.45, 2.75) is 18.7 Å². The van der Waals surface area contributed by atoms with Crippen LogP contribution in [-0.4, -0.2) is 14.6 Å². The van der Waals surface area contributed by atoms with Gasteiger partial charge in [0.1, 0.15) is 0 Å². The third-order valence-corrected chi connectivity index (χ3v) is 3.95. The lowest BCUT2D eigenvalue weighted by Crippen LogP contribution is -1.97. The topological polar surface area (TPSA) is 46.5 Å². The number of aryl methyl sites for hydroxylation is 2. The van der Waals surface area contributed by atoms with Crippen LogP contribution in [0.4, 0.5) is 0 Å². The summed E-state index contributed by atoms with van der Waals surface area (Å²) in [7, 11) is -3.62. The normalized spacial score (nSPS) is 11.9. The van der Waals surface area contributed by atoms with Gasteiger partial charge in [0.2, 0.25) is 0 Å². The molecule has 0 spiro atoms. The molecule has 0 N–H and O–H groups in total. The largest absolute Gasteiger partial charge is 0.282 e. The first-order valence-corrected chi connectivity index (χ1v) is 7.35. The van der Waals surface area contributed by atoms with Gasteiger partial charge in [0, 0.05) is 6.21 Å². The highest BCUT2D eigenvalue weighted by Crippen LogP contribution is 2.13. The van der Waals surface area contributed by atoms with E-state index in [9.17, 15) is 8.42 Å². The zero-order chi connectivity index (χ0) is 13.9. The maximum Gasteiger partial charge on any atom is 0.282 e. The van der Waals surface area contributed by atoms with Gasteiger partial charge in [-0.1, -0.05) is 47.5 Å². The molecule has 2 rings (SSSR count). The average Bonchev–Trinajstić information content (AvgIpc) is 2.37. The number of sulfonamides is 1. The van der Waals surface area contributed by atoms with Gasteiger partial charge in [-0.05, 0) is 31.5 Å². The van der Waals surface area contributed by atoms with Crippen molar-refractivity contribution in [2.24, 2.45) is 4.40 Å². The highest BCUT2D eigenvalue weighted by Gasteiger charge is 2.10. The molecule has 0 aliphatic heterocycles. The summed E-state index contributed by atoms with van der Waals surface area (Å²) >= 11 is 0. The first-order chi connectivity index (χ1) is 8.97. The van der Waals surface area contributed by atoms with Crippen LogP contribution in [0, 0.1) is 13.8 Å². The Morgan fingerprint density at radius 2 is 1.63 bits per heavy atom. The Labute approximate surface area is 113 Å². The SMILES string of the molecule is Cc1ccc(S(=O)(=O)/N=C/c2cccc(C)c2)cc1. The van der Waals surface area contributed by atoms with Gasteiger partial charge in [-0.25, -0.2) is 0 Å². The summed E-state index contributed by atoms with van der Waals surface area (Å²) in [6.45, 7) is 3.86. The van der Waals surface area contributed by atoms with Crippen LogP contribution < -0.4 is 0 Å². The lowest BCUT2D eigenvalue weighted by atomic mass is 10.2. The second kappa shape index (κ2) is 5.36. The third-order valence-electron chi connectivity index (χ3n) is 2.70. The fraction of sp³-hybridized carbons (Fsp3) is 0.133. The Balaban J connectivity index is 2.29. The Morgan fingerprint density at radius 1 is 0.947 bits per heavy atom. The Kier molecular flexibility index (Phi) is 3.81. The molecule has 98 valence electrons. The fourth-order valence-electron chi connectivity index (χ4n) is 1.65. The molecule has 0 heterocycles. The van der Waals surface area contributed by atoms with Crippen molar-refractivity contribution >= 4 is 16.2 Å². The fourth-order valence-corrected chi connectivity index (χ4v) is 2.51. The third kappa shape index (κ3) is 3.51. The van der Waals surface area contributed by atoms with Gasteiger partial charge in [-0.15, -0.1) is 0 Å². The van der Waals surface area contributed by atoms with Crippen molar-refractivity contribution in [3.8, 4) is 0 Å². The van der Waals surface area contributed by atoms with Crippen LogP contribution in [0.1, 0.15) is 16.7 Å². The lowest BCUT2D eigenvalue weighted by Gasteiger charge is -1.99. The van der Waals surface area contributed by atoms with E-state index in [1.165, 1.54) is 6.21 Å². The monoisotopic (exact) mass is 273 g/mol. The molecule has 0 unspecified atom stereocenters. The van der Waals surface area contributed by atoms with E-state index in [1.54, 1.807) is 24.3 Å². The molecular weight excluding hydrogens is 258 g/mol.